The van der Waals surface area contributed by atoms with Crippen LogP contribution in [0.1, 0.15) is 18.9 Å². The number of pyridine rings is 1. The SMILES string of the molecule is CC(=O)N1CC2(CC(OCc3cccnc3)CS2)C1. The second-order valence-corrected chi connectivity index (χ2v) is 6.86. The van der Waals surface area contributed by atoms with E-state index in [1.165, 1.54) is 0 Å². The molecule has 5 heteroatoms. The second-order valence-electron chi connectivity index (χ2n) is 5.37. The summed E-state index contributed by atoms with van der Waals surface area (Å²) in [6.45, 7) is 4.05. The maximum absolute atomic E-state index is 11.2. The van der Waals surface area contributed by atoms with E-state index in [0.29, 0.717) is 12.7 Å². The Morgan fingerprint density at radius 2 is 2.47 bits per heavy atom. The van der Waals surface area contributed by atoms with Crippen LogP contribution in [-0.4, -0.2) is 45.5 Å². The Bertz CT molecular complexity index is 460. The van der Waals surface area contributed by atoms with Crippen LogP contribution in [0, 0.1) is 0 Å². The zero-order valence-corrected chi connectivity index (χ0v) is 11.9. The van der Waals surface area contributed by atoms with Crippen LogP contribution in [-0.2, 0) is 16.1 Å². The summed E-state index contributed by atoms with van der Waals surface area (Å²) in [5, 5.41) is 0. The second kappa shape index (κ2) is 5.13. The zero-order chi connectivity index (χ0) is 13.3. The average Bonchev–Trinajstić information content (AvgIpc) is 2.80. The lowest BCUT2D eigenvalue weighted by molar-refractivity contribution is -0.134. The first-order valence-electron chi connectivity index (χ1n) is 6.57. The van der Waals surface area contributed by atoms with Crippen molar-refractivity contribution in [1.82, 2.24) is 9.88 Å². The number of carbonyl (C=O) groups excluding carboxylic acids is 1. The van der Waals surface area contributed by atoms with E-state index in [-0.39, 0.29) is 10.7 Å². The molecule has 1 unspecified atom stereocenters. The Morgan fingerprint density at radius 1 is 1.63 bits per heavy atom. The normalized spacial score (nSPS) is 24.5. The van der Waals surface area contributed by atoms with Crippen LogP contribution in [0.25, 0.3) is 0 Å². The van der Waals surface area contributed by atoms with Crippen LogP contribution in [0.4, 0.5) is 0 Å². The van der Waals surface area contributed by atoms with Crippen molar-refractivity contribution in [2.75, 3.05) is 18.8 Å². The maximum Gasteiger partial charge on any atom is 0.219 e. The quantitative estimate of drug-likeness (QED) is 0.844. The molecule has 4 nitrogen and oxygen atoms in total. The molecule has 1 aromatic rings. The van der Waals surface area contributed by atoms with Crippen LogP contribution in [0.15, 0.2) is 24.5 Å². The highest BCUT2D eigenvalue weighted by atomic mass is 32.2. The fourth-order valence-electron chi connectivity index (χ4n) is 2.70. The van der Waals surface area contributed by atoms with Gasteiger partial charge in [0.2, 0.25) is 5.91 Å². The van der Waals surface area contributed by atoms with Gasteiger partial charge in [-0.1, -0.05) is 6.07 Å². The summed E-state index contributed by atoms with van der Waals surface area (Å²) in [6, 6.07) is 3.96. The first kappa shape index (κ1) is 12.9. The van der Waals surface area contributed by atoms with Crippen molar-refractivity contribution in [3.05, 3.63) is 30.1 Å². The number of likely N-dealkylation sites (tertiary alicyclic amines) is 1. The van der Waals surface area contributed by atoms with Crippen molar-refractivity contribution in [3.63, 3.8) is 0 Å². The Labute approximate surface area is 117 Å². The summed E-state index contributed by atoms with van der Waals surface area (Å²) in [6.07, 6.45) is 4.98. The molecule has 2 saturated heterocycles. The topological polar surface area (TPSA) is 42.4 Å². The highest BCUT2D eigenvalue weighted by Gasteiger charge is 2.50. The van der Waals surface area contributed by atoms with Crippen molar-refractivity contribution in [2.45, 2.75) is 30.8 Å². The zero-order valence-electron chi connectivity index (χ0n) is 11.0. The van der Waals surface area contributed by atoms with E-state index >= 15 is 0 Å². The highest BCUT2D eigenvalue weighted by Crippen LogP contribution is 2.46. The summed E-state index contributed by atoms with van der Waals surface area (Å²) < 4.78 is 6.22. The molecule has 3 rings (SSSR count). The van der Waals surface area contributed by atoms with E-state index in [9.17, 15) is 4.79 Å². The molecule has 102 valence electrons. The smallest absolute Gasteiger partial charge is 0.219 e. The number of nitrogens with zero attached hydrogens (tertiary/aromatic N) is 2. The van der Waals surface area contributed by atoms with E-state index in [4.69, 9.17) is 4.74 Å². The van der Waals surface area contributed by atoms with Gasteiger partial charge < -0.3 is 9.64 Å². The number of aromatic nitrogens is 1. The third kappa shape index (κ3) is 2.77. The Hall–Kier alpha value is -1.07. The van der Waals surface area contributed by atoms with Crippen molar-refractivity contribution < 1.29 is 9.53 Å². The summed E-state index contributed by atoms with van der Waals surface area (Å²) >= 11 is 1.96. The molecule has 3 heterocycles. The fraction of sp³-hybridized carbons (Fsp3) is 0.571. The molecule has 1 atom stereocenters. The number of thioether (sulfide) groups is 1. The third-order valence-electron chi connectivity index (χ3n) is 3.79. The number of rotatable bonds is 3. The van der Waals surface area contributed by atoms with Gasteiger partial charge in [-0.05, 0) is 18.1 Å². The minimum atomic E-state index is 0.186. The highest BCUT2D eigenvalue weighted by molar-refractivity contribution is 8.01. The van der Waals surface area contributed by atoms with Crippen molar-refractivity contribution >= 4 is 17.7 Å². The lowest BCUT2D eigenvalue weighted by Gasteiger charge is -2.47. The van der Waals surface area contributed by atoms with Crippen molar-refractivity contribution in [2.24, 2.45) is 0 Å². The van der Waals surface area contributed by atoms with E-state index in [1.54, 1.807) is 13.1 Å². The minimum Gasteiger partial charge on any atom is -0.373 e. The molecule has 0 saturated carbocycles. The monoisotopic (exact) mass is 278 g/mol. The third-order valence-corrected chi connectivity index (χ3v) is 5.36. The van der Waals surface area contributed by atoms with Gasteiger partial charge in [0.1, 0.15) is 0 Å². The Balaban J connectivity index is 1.47. The molecule has 0 bridgehead atoms. The molecular weight excluding hydrogens is 260 g/mol. The predicted octanol–water partition coefficient (Wildman–Crippen LogP) is 1.70. The fourth-order valence-corrected chi connectivity index (χ4v) is 4.25. The molecule has 1 aromatic heterocycles. The van der Waals surface area contributed by atoms with Gasteiger partial charge in [-0.25, -0.2) is 0 Å². The van der Waals surface area contributed by atoms with Crippen LogP contribution < -0.4 is 0 Å². The minimum absolute atomic E-state index is 0.186. The van der Waals surface area contributed by atoms with Gasteiger partial charge in [0, 0.05) is 38.2 Å². The number of hydrogen-bond donors (Lipinski definition) is 0. The predicted molar refractivity (Wildman–Crippen MR) is 74.9 cm³/mol. The molecule has 19 heavy (non-hydrogen) atoms. The van der Waals surface area contributed by atoms with Gasteiger partial charge in [-0.15, -0.1) is 11.8 Å². The lowest BCUT2D eigenvalue weighted by atomic mass is 9.93. The molecule has 2 fully saturated rings. The van der Waals surface area contributed by atoms with E-state index < -0.39 is 0 Å². The van der Waals surface area contributed by atoms with Crippen LogP contribution in [0.5, 0.6) is 0 Å². The van der Waals surface area contributed by atoms with Crippen LogP contribution in [0.3, 0.4) is 0 Å². The van der Waals surface area contributed by atoms with Crippen LogP contribution in [0.2, 0.25) is 0 Å². The summed E-state index contributed by atoms with van der Waals surface area (Å²) in [4.78, 5) is 17.2. The Morgan fingerprint density at radius 3 is 3.16 bits per heavy atom. The van der Waals surface area contributed by atoms with E-state index in [0.717, 1.165) is 30.8 Å². The molecule has 1 spiro atoms. The molecule has 0 N–H and O–H groups in total. The summed E-state index contributed by atoms with van der Waals surface area (Å²) in [5.74, 6) is 1.22. The molecular formula is C14H18N2O2S. The van der Waals surface area contributed by atoms with Gasteiger partial charge in [-0.3, -0.25) is 9.78 Å². The van der Waals surface area contributed by atoms with Gasteiger partial charge >= 0.3 is 0 Å². The average molecular weight is 278 g/mol. The molecule has 0 aliphatic carbocycles. The standard InChI is InChI=1S/C14H18N2O2S/c1-11(17)16-9-14(10-16)5-13(8-19-14)18-7-12-3-2-4-15-6-12/h2-4,6,13H,5,7-10H2,1H3. The largest absolute Gasteiger partial charge is 0.373 e. The molecule has 0 radical (unpaired) electrons. The van der Waals surface area contributed by atoms with E-state index in [1.807, 2.05) is 35.0 Å². The molecule has 2 aliphatic heterocycles. The number of ether oxygens (including phenoxy) is 1. The summed E-state index contributed by atoms with van der Waals surface area (Å²) in [7, 11) is 0. The van der Waals surface area contributed by atoms with Gasteiger partial charge in [0.25, 0.3) is 0 Å². The molecule has 1 amide bonds. The number of carbonyl (C=O) groups is 1. The van der Waals surface area contributed by atoms with Gasteiger partial charge in [0.05, 0.1) is 17.5 Å². The van der Waals surface area contributed by atoms with Crippen molar-refractivity contribution in [1.29, 1.82) is 0 Å². The van der Waals surface area contributed by atoms with Gasteiger partial charge in [-0.2, -0.15) is 0 Å². The van der Waals surface area contributed by atoms with Crippen LogP contribution >= 0.6 is 11.8 Å². The van der Waals surface area contributed by atoms with E-state index in [2.05, 4.69) is 4.98 Å². The molecule has 2 aliphatic rings. The first-order valence-corrected chi connectivity index (χ1v) is 7.55. The van der Waals surface area contributed by atoms with Gasteiger partial charge in [0.15, 0.2) is 0 Å². The Kier molecular flexibility index (Phi) is 3.50. The maximum atomic E-state index is 11.2. The lowest BCUT2D eigenvalue weighted by Crippen LogP contribution is -2.60. The number of hydrogen-bond acceptors (Lipinski definition) is 4. The summed E-state index contributed by atoms with van der Waals surface area (Å²) in [5.41, 5.74) is 1.12. The first-order chi connectivity index (χ1) is 9.17. The molecule has 0 aromatic carbocycles. The van der Waals surface area contributed by atoms with Crippen molar-refractivity contribution in [3.8, 4) is 0 Å². The number of amides is 1.